The van der Waals surface area contributed by atoms with Crippen molar-refractivity contribution < 1.29 is 0 Å². The van der Waals surface area contributed by atoms with Crippen molar-refractivity contribution in [2.45, 2.75) is 52.4 Å². The maximum Gasteiger partial charge on any atom is 0.0800 e. The molecule has 5 heterocycles. The number of rotatable bonds is 4. The second-order valence-electron chi connectivity index (χ2n) is 28.5. The van der Waals surface area contributed by atoms with E-state index in [1.807, 2.05) is 0 Å². The highest BCUT2D eigenvalue weighted by Gasteiger charge is 2.49. The summed E-state index contributed by atoms with van der Waals surface area (Å²) in [5.41, 5.74) is 14.8. The Morgan fingerprint density at radius 1 is 0.174 bits per heavy atom. The van der Waals surface area contributed by atoms with Crippen LogP contribution in [0.2, 0.25) is 52.4 Å². The van der Waals surface area contributed by atoms with E-state index in [0.29, 0.717) is 0 Å². The Bertz CT molecular complexity index is 5320. The molecular weight excluding hydrogens is 1180 g/mol. The highest BCUT2D eigenvalue weighted by Crippen LogP contribution is 2.42. The van der Waals surface area contributed by atoms with Gasteiger partial charge in [0.25, 0.3) is 0 Å². The van der Waals surface area contributed by atoms with Crippen LogP contribution in [0.3, 0.4) is 0 Å². The average Bonchev–Trinajstić information content (AvgIpc) is 0.839. The zero-order valence-corrected chi connectivity index (χ0v) is 57.2. The SMILES string of the molecule is C[Si]1(C)c2cc(-n3c4ccccc4c4ccccc43)cc3cc4cc(-n5c6ccccc6c6ccccc65)cc(c4cc23)[Si](C)(C)[Si](C)(C)c2cc(-n3c4ccccc4c4ccccc43)cc3cc4cc(-n5c6ccccc6c6ccccc65)cc(c4cc23)[Si]1(C)C. The third kappa shape index (κ3) is 7.20. The van der Waals surface area contributed by atoms with Gasteiger partial charge in [-0.3, -0.25) is 0 Å². The molecule has 92 heavy (non-hydrogen) atoms. The first kappa shape index (κ1) is 54.0. The molecule has 0 N–H and O–H groups in total. The lowest BCUT2D eigenvalue weighted by molar-refractivity contribution is 1.19. The molecule has 0 saturated heterocycles. The average molecular weight is 1250 g/mol. The van der Waals surface area contributed by atoms with Crippen LogP contribution in [0.15, 0.2) is 267 Å². The number of benzene rings is 14. The molecule has 0 saturated carbocycles. The van der Waals surface area contributed by atoms with E-state index in [1.54, 1.807) is 20.7 Å². The van der Waals surface area contributed by atoms with Crippen LogP contribution in [0, 0.1) is 0 Å². The highest BCUT2D eigenvalue weighted by atomic mass is 29.3. The number of hydrogen-bond donors (Lipinski definition) is 0. The molecule has 0 aliphatic carbocycles. The molecular formula is C84H68N4Si4. The minimum atomic E-state index is -2.64. The lowest BCUT2D eigenvalue weighted by atomic mass is 10.0. The van der Waals surface area contributed by atoms with Crippen molar-refractivity contribution in [2.24, 2.45) is 0 Å². The van der Waals surface area contributed by atoms with Gasteiger partial charge in [0.2, 0.25) is 0 Å². The van der Waals surface area contributed by atoms with Crippen LogP contribution < -0.4 is 20.7 Å². The van der Waals surface area contributed by atoms with Gasteiger partial charge in [0.15, 0.2) is 0 Å². The first-order valence-electron chi connectivity index (χ1n) is 32.7. The topological polar surface area (TPSA) is 19.7 Å². The zero-order valence-electron chi connectivity index (χ0n) is 53.2. The van der Waals surface area contributed by atoms with Crippen LogP contribution in [-0.4, -0.2) is 48.6 Å². The predicted octanol–water partition coefficient (Wildman–Crippen LogP) is 20.2. The number of para-hydroxylation sites is 8. The Labute approximate surface area is 538 Å². The minimum absolute atomic E-state index is 1.23. The second-order valence-corrected chi connectivity index (χ2v) is 58.7. The number of hydrogen-bond acceptors (Lipinski definition) is 0. The van der Waals surface area contributed by atoms with E-state index >= 15 is 0 Å². The largest absolute Gasteiger partial charge is 0.309 e. The smallest absolute Gasteiger partial charge is 0.0800 e. The third-order valence-electron chi connectivity index (χ3n) is 23.2. The number of aromatic nitrogens is 4. The lowest BCUT2D eigenvalue weighted by Gasteiger charge is -2.43. The molecule has 1 aliphatic heterocycles. The fourth-order valence-electron chi connectivity index (χ4n) is 17.1. The van der Waals surface area contributed by atoms with E-state index in [4.69, 9.17) is 0 Å². The van der Waals surface area contributed by atoms with Crippen molar-refractivity contribution in [3.8, 4) is 22.7 Å². The quantitative estimate of drug-likeness (QED) is 0.124. The van der Waals surface area contributed by atoms with Crippen LogP contribution >= 0.6 is 0 Å². The molecule has 0 spiro atoms. The maximum absolute atomic E-state index is 2.75. The molecule has 0 fully saturated rings. The Hall–Kier alpha value is -9.81. The van der Waals surface area contributed by atoms with E-state index < -0.39 is 30.4 Å². The van der Waals surface area contributed by atoms with Gasteiger partial charge >= 0.3 is 0 Å². The van der Waals surface area contributed by atoms with Crippen molar-refractivity contribution in [1.29, 1.82) is 0 Å². The van der Waals surface area contributed by atoms with Crippen molar-refractivity contribution in [1.82, 2.24) is 18.3 Å². The molecule has 1 aliphatic rings. The molecule has 8 heteroatoms. The van der Waals surface area contributed by atoms with Crippen LogP contribution in [0.4, 0.5) is 0 Å². The monoisotopic (exact) mass is 1240 g/mol. The number of fused-ring (bicyclic) bond motifs is 12. The van der Waals surface area contributed by atoms with Gasteiger partial charge in [0, 0.05) is 65.8 Å². The van der Waals surface area contributed by atoms with E-state index in [1.165, 1.54) is 153 Å². The summed E-state index contributed by atoms with van der Waals surface area (Å²) in [4.78, 5) is 0. The fourth-order valence-corrected chi connectivity index (χ4v) is 36.0. The van der Waals surface area contributed by atoms with Gasteiger partial charge < -0.3 is 18.3 Å². The summed E-state index contributed by atoms with van der Waals surface area (Å²) in [6, 6.07) is 104. The normalized spacial score (nSPS) is 15.3. The summed E-state index contributed by atoms with van der Waals surface area (Å²) >= 11 is 0. The van der Waals surface area contributed by atoms with E-state index in [9.17, 15) is 0 Å². The molecule has 0 unspecified atom stereocenters. The standard InChI is InChI=1S/C84H68N4Si4/c1-89(2)81-47-57(85-73-33-17-9-25-61(73)62-26-10-18-34-74(62)85)43-53-41-55-45-59(87-77-37-21-13-29-65(77)66-30-14-22-38-78(66)87)49-83(71(55)51-69(53)81)91(5,6)92(7,8)84-50-60(88-79-39-23-15-31-67(79)68-32-16-24-40-80(68)88)46-56-42-54-44-58(48-82(90(89,3)4)70(54)52-72(56)84)86-75-35-19-11-27-63(75)64-28-12-20-36-76(64)86/h9-52H,1-8H3. The van der Waals surface area contributed by atoms with E-state index in [-0.39, 0.29) is 0 Å². The number of nitrogens with zero attached hydrogens (tertiary/aromatic N) is 4. The molecule has 0 radical (unpaired) electrons. The molecule has 4 nitrogen and oxygen atoms in total. The van der Waals surface area contributed by atoms with E-state index in [2.05, 4.69) is 338 Å². The first-order chi connectivity index (χ1) is 44.7. The summed E-state index contributed by atoms with van der Waals surface area (Å²) < 4.78 is 10.3. The fraction of sp³-hybridized carbons (Fsp3) is 0.0952. The second kappa shape index (κ2) is 18.9. The summed E-state index contributed by atoms with van der Waals surface area (Å²) in [7, 11) is -10.6. The van der Waals surface area contributed by atoms with Gasteiger partial charge in [-0.15, -0.1) is 0 Å². The van der Waals surface area contributed by atoms with Gasteiger partial charge in [-0.25, -0.2) is 0 Å². The van der Waals surface area contributed by atoms with Crippen molar-refractivity contribution in [3.05, 3.63) is 267 Å². The molecule has 440 valence electrons. The Balaban J connectivity index is 0.990. The summed E-state index contributed by atoms with van der Waals surface area (Å²) in [6.45, 7) is 22.0. The highest BCUT2D eigenvalue weighted by molar-refractivity contribution is 7.51. The summed E-state index contributed by atoms with van der Waals surface area (Å²) in [6.07, 6.45) is 0. The zero-order chi connectivity index (χ0) is 61.9. The van der Waals surface area contributed by atoms with Crippen molar-refractivity contribution >= 4 is 181 Å². The molecule has 14 aromatic carbocycles. The third-order valence-corrected chi connectivity index (χ3v) is 58.4. The van der Waals surface area contributed by atoms with E-state index in [0.717, 1.165) is 0 Å². The Morgan fingerprint density at radius 2 is 0.337 bits per heavy atom. The van der Waals surface area contributed by atoms with Gasteiger partial charge in [-0.2, -0.15) is 0 Å². The van der Waals surface area contributed by atoms with Crippen LogP contribution in [-0.2, 0) is 0 Å². The van der Waals surface area contributed by atoms with Gasteiger partial charge in [0.05, 0.1) is 74.5 Å². The van der Waals surface area contributed by atoms with Gasteiger partial charge in [-0.1, -0.05) is 219 Å². The van der Waals surface area contributed by atoms with Gasteiger partial charge in [-0.05, 0) is 164 Å². The molecule has 19 rings (SSSR count). The molecule has 4 bridgehead atoms. The summed E-state index contributed by atoms with van der Waals surface area (Å²) in [5, 5.41) is 27.3. The van der Waals surface area contributed by atoms with Crippen molar-refractivity contribution in [2.75, 3.05) is 0 Å². The van der Waals surface area contributed by atoms with Crippen molar-refractivity contribution in [3.63, 3.8) is 0 Å². The first-order valence-corrected chi connectivity index (χ1v) is 46.7. The lowest BCUT2D eigenvalue weighted by Crippen LogP contribution is -2.70. The van der Waals surface area contributed by atoms with Crippen LogP contribution in [0.5, 0.6) is 0 Å². The molecule has 18 aromatic rings. The van der Waals surface area contributed by atoms with Crippen LogP contribution in [0.25, 0.3) is 153 Å². The molecule has 4 aromatic heterocycles. The Morgan fingerprint density at radius 3 is 0.511 bits per heavy atom. The summed E-state index contributed by atoms with van der Waals surface area (Å²) in [5.74, 6) is 0. The van der Waals surface area contributed by atoms with Crippen LogP contribution in [0.1, 0.15) is 0 Å². The van der Waals surface area contributed by atoms with Gasteiger partial charge in [0.1, 0.15) is 0 Å². The predicted molar refractivity (Wildman–Crippen MR) is 409 cm³/mol. The minimum Gasteiger partial charge on any atom is -0.309 e. The Kier molecular flexibility index (Phi) is 11.1. The molecule has 0 atom stereocenters. The molecule has 0 amide bonds. The maximum atomic E-state index is 2.75.